The van der Waals surface area contributed by atoms with Crippen LogP contribution in [-0.4, -0.2) is 30.6 Å². The van der Waals surface area contributed by atoms with Gasteiger partial charge in [0.2, 0.25) is 5.95 Å². The van der Waals surface area contributed by atoms with Crippen LogP contribution >= 0.6 is 23.5 Å². The number of unbranched alkanes of at least 4 members (excludes halogenated alkanes) is 18. The van der Waals surface area contributed by atoms with E-state index in [9.17, 15) is 5.11 Å². The molecule has 5 nitrogen and oxygen atoms in total. The molecule has 0 fully saturated rings. The average Bonchev–Trinajstić information content (AvgIpc) is 3.13. The predicted octanol–water partition coefficient (Wildman–Crippen LogP) is 17.1. The molecule has 322 valence electrons. The number of anilines is 2. The number of hydrogen-bond donors (Lipinski definition) is 2. The standard InChI is InChI=1S/C49H88N4OS2/c1-11-15-19-23-27-31-35-40(33-29-25-21-17-13-3)55-46-51-45(50-39-37-42(48(5,6)7)44(54)43(38-39)49(8,9)10)52-47(53-46)56-41(34-30-26-22-18-14-4)36-32-28-24-20-16-12-2/h37-38,40-41,54H,11-36H2,1-10H3,(H,50,51,52,53). The summed E-state index contributed by atoms with van der Waals surface area (Å²) in [4.78, 5) is 15.6. The van der Waals surface area contributed by atoms with Crippen LogP contribution in [0.4, 0.5) is 11.6 Å². The summed E-state index contributed by atoms with van der Waals surface area (Å²) in [6, 6.07) is 4.20. The summed E-state index contributed by atoms with van der Waals surface area (Å²) >= 11 is 3.81. The van der Waals surface area contributed by atoms with Crippen molar-refractivity contribution in [1.29, 1.82) is 0 Å². The van der Waals surface area contributed by atoms with Crippen molar-refractivity contribution in [2.75, 3.05) is 5.32 Å². The molecule has 0 saturated heterocycles. The van der Waals surface area contributed by atoms with Gasteiger partial charge in [-0.05, 0) is 48.6 Å². The Balaban J connectivity index is 2.49. The number of phenolic OH excluding ortho intramolecular Hbond substituents is 1. The molecule has 0 aliphatic carbocycles. The minimum atomic E-state index is -0.218. The van der Waals surface area contributed by atoms with Crippen molar-refractivity contribution < 1.29 is 5.11 Å². The van der Waals surface area contributed by atoms with E-state index in [-0.39, 0.29) is 10.8 Å². The normalized spacial score (nSPS) is 13.3. The molecule has 2 rings (SSSR count). The van der Waals surface area contributed by atoms with Crippen LogP contribution in [0.15, 0.2) is 22.4 Å². The fraction of sp³-hybridized carbons (Fsp3) is 0.816. The summed E-state index contributed by atoms with van der Waals surface area (Å²) in [6.07, 6.45) is 33.9. The Hall–Kier alpha value is -1.47. The first-order chi connectivity index (χ1) is 26.8. The van der Waals surface area contributed by atoms with Gasteiger partial charge < -0.3 is 10.4 Å². The highest BCUT2D eigenvalue weighted by Gasteiger charge is 2.27. The molecule has 0 aliphatic rings. The number of rotatable bonds is 32. The molecule has 0 spiro atoms. The number of aromatic nitrogens is 3. The Bertz CT molecular complexity index is 1210. The van der Waals surface area contributed by atoms with Gasteiger partial charge in [0.1, 0.15) is 5.75 Å². The Kier molecular flexibility index (Phi) is 26.1. The second-order valence-electron chi connectivity index (χ2n) is 18.8. The Morgan fingerprint density at radius 3 is 1.09 bits per heavy atom. The van der Waals surface area contributed by atoms with Gasteiger partial charge >= 0.3 is 0 Å². The molecule has 1 heterocycles. The van der Waals surface area contributed by atoms with E-state index in [0.29, 0.717) is 22.2 Å². The van der Waals surface area contributed by atoms with E-state index < -0.39 is 0 Å². The molecule has 1 aromatic carbocycles. The zero-order valence-electron chi connectivity index (χ0n) is 38.3. The van der Waals surface area contributed by atoms with E-state index in [4.69, 9.17) is 15.0 Å². The first kappa shape index (κ1) is 50.7. The third kappa shape index (κ3) is 21.5. The number of nitrogens with zero attached hydrogens (tertiary/aromatic N) is 3. The van der Waals surface area contributed by atoms with Crippen LogP contribution < -0.4 is 5.32 Å². The second-order valence-corrected chi connectivity index (χ2v) is 21.3. The van der Waals surface area contributed by atoms with Crippen molar-refractivity contribution in [1.82, 2.24) is 15.0 Å². The van der Waals surface area contributed by atoms with E-state index in [2.05, 4.69) is 86.7 Å². The Morgan fingerprint density at radius 1 is 0.482 bits per heavy atom. The second kappa shape index (κ2) is 28.9. The van der Waals surface area contributed by atoms with Crippen molar-refractivity contribution in [3.8, 4) is 5.75 Å². The van der Waals surface area contributed by atoms with Crippen LogP contribution in [0.25, 0.3) is 0 Å². The number of hydrogen-bond acceptors (Lipinski definition) is 7. The maximum absolute atomic E-state index is 11.5. The van der Waals surface area contributed by atoms with Crippen LogP contribution in [0.5, 0.6) is 5.75 Å². The van der Waals surface area contributed by atoms with E-state index in [1.165, 1.54) is 167 Å². The largest absolute Gasteiger partial charge is 0.507 e. The fourth-order valence-corrected chi connectivity index (χ4v) is 9.91. The average molecular weight is 813 g/mol. The quantitative estimate of drug-likeness (QED) is 0.0433. The summed E-state index contributed by atoms with van der Waals surface area (Å²) in [5, 5.41) is 17.9. The first-order valence-electron chi connectivity index (χ1n) is 23.6. The van der Waals surface area contributed by atoms with Gasteiger partial charge in [0.15, 0.2) is 10.3 Å². The molecule has 56 heavy (non-hydrogen) atoms. The molecule has 0 aliphatic heterocycles. The lowest BCUT2D eigenvalue weighted by Crippen LogP contribution is -2.18. The lowest BCUT2D eigenvalue weighted by Gasteiger charge is -2.28. The van der Waals surface area contributed by atoms with Gasteiger partial charge in [0.05, 0.1) is 0 Å². The molecule has 1 aromatic heterocycles. The molecule has 2 N–H and O–H groups in total. The third-order valence-corrected chi connectivity index (χ3v) is 13.5. The van der Waals surface area contributed by atoms with Gasteiger partial charge in [0.25, 0.3) is 0 Å². The molecule has 2 atom stereocenters. The van der Waals surface area contributed by atoms with Gasteiger partial charge in [-0.2, -0.15) is 15.0 Å². The van der Waals surface area contributed by atoms with Gasteiger partial charge in [-0.15, -0.1) is 0 Å². The highest BCUT2D eigenvalue weighted by molar-refractivity contribution is 8.00. The van der Waals surface area contributed by atoms with Crippen LogP contribution in [-0.2, 0) is 10.8 Å². The third-order valence-electron chi connectivity index (χ3n) is 11.1. The van der Waals surface area contributed by atoms with Gasteiger partial charge in [-0.1, -0.05) is 234 Å². The van der Waals surface area contributed by atoms with Crippen LogP contribution in [0, 0.1) is 0 Å². The number of benzene rings is 1. The molecule has 0 bridgehead atoms. The smallest absolute Gasteiger partial charge is 0.232 e. The van der Waals surface area contributed by atoms with Gasteiger partial charge in [-0.3, -0.25) is 0 Å². The summed E-state index contributed by atoms with van der Waals surface area (Å²) in [5.41, 5.74) is 2.37. The molecule has 0 saturated carbocycles. The molecular weight excluding hydrogens is 725 g/mol. The van der Waals surface area contributed by atoms with Gasteiger partial charge in [-0.25, -0.2) is 0 Å². The molecule has 7 heteroatoms. The van der Waals surface area contributed by atoms with E-state index in [1.807, 2.05) is 23.5 Å². The maximum Gasteiger partial charge on any atom is 0.232 e. The van der Waals surface area contributed by atoms with Crippen molar-refractivity contribution in [3.63, 3.8) is 0 Å². The minimum Gasteiger partial charge on any atom is -0.507 e. The predicted molar refractivity (Wildman–Crippen MR) is 251 cm³/mol. The van der Waals surface area contributed by atoms with Crippen molar-refractivity contribution in [2.24, 2.45) is 0 Å². The summed E-state index contributed by atoms with van der Waals surface area (Å²) < 4.78 is 0. The number of thioether (sulfide) groups is 2. The highest BCUT2D eigenvalue weighted by atomic mass is 32.2. The summed E-state index contributed by atoms with van der Waals surface area (Å²) in [7, 11) is 0. The first-order valence-corrected chi connectivity index (χ1v) is 25.3. The maximum atomic E-state index is 11.5. The van der Waals surface area contributed by atoms with E-state index in [0.717, 1.165) is 27.1 Å². The molecule has 0 radical (unpaired) electrons. The summed E-state index contributed by atoms with van der Waals surface area (Å²) in [5.74, 6) is 1.02. The van der Waals surface area contributed by atoms with Crippen LogP contribution in [0.1, 0.15) is 247 Å². The topological polar surface area (TPSA) is 70.9 Å². The molecular formula is C49H88N4OS2. The highest BCUT2D eigenvalue weighted by Crippen LogP contribution is 2.42. The SMILES string of the molecule is CCCCCCCCC(CCCCCCC)Sc1nc(Nc2cc(C(C)(C)C)c(O)c(C(C)(C)C)c2)nc(SC(CCCCCCC)CCCCCCCC)n1. The van der Waals surface area contributed by atoms with Crippen molar-refractivity contribution in [2.45, 2.75) is 268 Å². The van der Waals surface area contributed by atoms with Crippen LogP contribution in [0.3, 0.4) is 0 Å². The van der Waals surface area contributed by atoms with E-state index >= 15 is 0 Å². The van der Waals surface area contributed by atoms with Gasteiger partial charge in [0, 0.05) is 27.3 Å². The Morgan fingerprint density at radius 2 is 0.786 bits per heavy atom. The monoisotopic (exact) mass is 813 g/mol. The summed E-state index contributed by atoms with van der Waals surface area (Å²) in [6.45, 7) is 22.2. The molecule has 0 amide bonds. The number of phenols is 1. The van der Waals surface area contributed by atoms with Crippen LogP contribution in [0.2, 0.25) is 0 Å². The zero-order valence-corrected chi connectivity index (χ0v) is 39.9. The molecule has 2 aromatic rings. The number of nitrogens with one attached hydrogen (secondary N) is 1. The van der Waals surface area contributed by atoms with E-state index in [1.54, 1.807) is 0 Å². The van der Waals surface area contributed by atoms with Crippen molar-refractivity contribution >= 4 is 35.2 Å². The number of aromatic hydroxyl groups is 1. The zero-order chi connectivity index (χ0) is 41.2. The fourth-order valence-electron chi connectivity index (χ4n) is 7.56. The molecule has 2 unspecified atom stereocenters. The minimum absolute atomic E-state index is 0.218. The lowest BCUT2D eigenvalue weighted by atomic mass is 9.79. The lowest BCUT2D eigenvalue weighted by molar-refractivity contribution is 0.423. The van der Waals surface area contributed by atoms with Crippen molar-refractivity contribution in [3.05, 3.63) is 23.3 Å². The Labute approximate surface area is 355 Å².